The fraction of sp³-hybridized carbons (Fsp3) is 0.500. The van der Waals surface area contributed by atoms with Gasteiger partial charge in [-0.05, 0) is 25.0 Å². The van der Waals surface area contributed by atoms with E-state index >= 15 is 0 Å². The van der Waals surface area contributed by atoms with Crippen LogP contribution >= 0.6 is 0 Å². The molecule has 0 unspecified atom stereocenters. The molecular weight excluding hydrogens is 264 g/mol. The second-order valence-corrected chi connectivity index (χ2v) is 4.22. The van der Waals surface area contributed by atoms with Gasteiger partial charge >= 0.3 is 0 Å². The summed E-state index contributed by atoms with van der Waals surface area (Å²) in [6, 6.07) is 3.88. The van der Waals surface area contributed by atoms with Crippen LogP contribution in [0.25, 0.3) is 0 Å². The summed E-state index contributed by atoms with van der Waals surface area (Å²) in [5.41, 5.74) is 0.0924. The van der Waals surface area contributed by atoms with E-state index in [2.05, 4.69) is 15.6 Å². The summed E-state index contributed by atoms with van der Waals surface area (Å²) in [6.07, 6.45) is 1.12. The molecule has 0 heterocycles. The lowest BCUT2D eigenvalue weighted by Crippen LogP contribution is -2.39. The Morgan fingerprint density at radius 2 is 1.85 bits per heavy atom. The number of halogens is 2. The molecule has 0 saturated carbocycles. The van der Waals surface area contributed by atoms with E-state index in [4.69, 9.17) is 4.74 Å². The van der Waals surface area contributed by atoms with Crippen LogP contribution in [0.1, 0.15) is 12.0 Å². The molecule has 0 aliphatic heterocycles. The van der Waals surface area contributed by atoms with E-state index < -0.39 is 11.6 Å². The highest BCUT2D eigenvalue weighted by Crippen LogP contribution is 2.11. The number of aliphatic imine (C=N–C) groups is 1. The third-order valence-electron chi connectivity index (χ3n) is 2.77. The quantitative estimate of drug-likeness (QED) is 0.455. The Morgan fingerprint density at radius 3 is 2.45 bits per heavy atom. The summed E-state index contributed by atoms with van der Waals surface area (Å²) in [5.74, 6) is -0.428. The first-order chi connectivity index (χ1) is 9.69. The maximum absolute atomic E-state index is 13.4. The Balaban J connectivity index is 2.35. The molecule has 0 aliphatic rings. The van der Waals surface area contributed by atoms with Crippen LogP contribution in [0, 0.1) is 11.6 Å². The van der Waals surface area contributed by atoms with Gasteiger partial charge in [0.15, 0.2) is 5.96 Å². The van der Waals surface area contributed by atoms with Crippen molar-refractivity contribution in [2.75, 3.05) is 33.9 Å². The highest BCUT2D eigenvalue weighted by Gasteiger charge is 2.07. The minimum atomic E-state index is -0.519. The van der Waals surface area contributed by atoms with E-state index in [0.29, 0.717) is 19.1 Å². The first-order valence-electron chi connectivity index (χ1n) is 6.55. The molecule has 0 amide bonds. The lowest BCUT2D eigenvalue weighted by Gasteiger charge is -2.12. The maximum Gasteiger partial charge on any atom is 0.190 e. The Morgan fingerprint density at radius 1 is 1.20 bits per heavy atom. The molecule has 0 fully saturated rings. The minimum Gasteiger partial charge on any atom is -0.385 e. The third-order valence-corrected chi connectivity index (χ3v) is 2.77. The standard InChI is InChI=1S/C14H21F2N3O/c1-17-14(18-8-4-10-20-2)19-9-7-11-12(15)5-3-6-13(11)16/h3,5-6H,4,7-10H2,1-2H3,(H2,17,18,19). The number of nitrogens with one attached hydrogen (secondary N) is 2. The van der Waals surface area contributed by atoms with Gasteiger partial charge in [0, 0.05) is 39.4 Å². The second-order valence-electron chi connectivity index (χ2n) is 4.22. The predicted molar refractivity (Wildman–Crippen MR) is 75.9 cm³/mol. The molecule has 0 radical (unpaired) electrons. The van der Waals surface area contributed by atoms with Crippen LogP contribution < -0.4 is 10.6 Å². The molecular formula is C14H21F2N3O. The van der Waals surface area contributed by atoms with Gasteiger partial charge in [-0.3, -0.25) is 4.99 Å². The smallest absolute Gasteiger partial charge is 0.190 e. The molecule has 0 atom stereocenters. The van der Waals surface area contributed by atoms with Crippen LogP contribution in [0.4, 0.5) is 8.78 Å². The largest absolute Gasteiger partial charge is 0.385 e. The number of ether oxygens (including phenoxy) is 1. The molecule has 1 aromatic carbocycles. The Hall–Kier alpha value is -1.69. The molecule has 20 heavy (non-hydrogen) atoms. The molecule has 2 N–H and O–H groups in total. The number of hydrogen-bond donors (Lipinski definition) is 2. The molecule has 0 saturated heterocycles. The van der Waals surface area contributed by atoms with Gasteiger partial charge in [-0.1, -0.05) is 6.07 Å². The summed E-state index contributed by atoms with van der Waals surface area (Å²) in [4.78, 5) is 4.03. The van der Waals surface area contributed by atoms with Crippen LogP contribution in [0.2, 0.25) is 0 Å². The molecule has 0 bridgehead atoms. The number of benzene rings is 1. The zero-order valence-corrected chi connectivity index (χ0v) is 11.9. The average molecular weight is 285 g/mol. The van der Waals surface area contributed by atoms with Gasteiger partial charge in [0.25, 0.3) is 0 Å². The van der Waals surface area contributed by atoms with Crippen molar-refractivity contribution in [1.82, 2.24) is 10.6 Å². The molecule has 1 aromatic rings. The number of hydrogen-bond acceptors (Lipinski definition) is 2. The summed E-state index contributed by atoms with van der Waals surface area (Å²) in [5, 5.41) is 6.11. The van der Waals surface area contributed by atoms with Crippen molar-refractivity contribution in [1.29, 1.82) is 0 Å². The van der Waals surface area contributed by atoms with Gasteiger partial charge in [-0.15, -0.1) is 0 Å². The summed E-state index contributed by atoms with van der Waals surface area (Å²) < 4.78 is 31.8. The maximum atomic E-state index is 13.4. The van der Waals surface area contributed by atoms with E-state index in [9.17, 15) is 8.78 Å². The fourth-order valence-electron chi connectivity index (χ4n) is 1.72. The summed E-state index contributed by atoms with van der Waals surface area (Å²) >= 11 is 0. The number of rotatable bonds is 7. The van der Waals surface area contributed by atoms with Crippen LogP contribution in [0.3, 0.4) is 0 Å². The number of methoxy groups -OCH3 is 1. The third kappa shape index (κ3) is 5.52. The number of nitrogens with zero attached hydrogens (tertiary/aromatic N) is 1. The monoisotopic (exact) mass is 285 g/mol. The molecule has 6 heteroatoms. The molecule has 0 spiro atoms. The van der Waals surface area contributed by atoms with Crippen molar-refractivity contribution >= 4 is 5.96 Å². The van der Waals surface area contributed by atoms with Crippen molar-refractivity contribution in [3.05, 3.63) is 35.4 Å². The average Bonchev–Trinajstić information content (AvgIpc) is 2.44. The molecule has 0 aliphatic carbocycles. The Kier molecular flexibility index (Phi) is 7.57. The van der Waals surface area contributed by atoms with Crippen molar-refractivity contribution < 1.29 is 13.5 Å². The van der Waals surface area contributed by atoms with E-state index in [1.807, 2.05) is 0 Å². The van der Waals surface area contributed by atoms with Gasteiger partial charge in [-0.25, -0.2) is 8.78 Å². The summed E-state index contributed by atoms with van der Waals surface area (Å²) in [6.45, 7) is 1.80. The SMILES string of the molecule is CN=C(NCCCOC)NCCc1c(F)cccc1F. The van der Waals surface area contributed by atoms with Gasteiger partial charge in [-0.2, -0.15) is 0 Å². The van der Waals surface area contributed by atoms with Gasteiger partial charge < -0.3 is 15.4 Å². The van der Waals surface area contributed by atoms with E-state index in [-0.39, 0.29) is 12.0 Å². The van der Waals surface area contributed by atoms with Gasteiger partial charge in [0.2, 0.25) is 0 Å². The van der Waals surface area contributed by atoms with Crippen LogP contribution in [-0.2, 0) is 11.2 Å². The highest BCUT2D eigenvalue weighted by atomic mass is 19.1. The highest BCUT2D eigenvalue weighted by molar-refractivity contribution is 5.79. The number of guanidine groups is 1. The van der Waals surface area contributed by atoms with Crippen molar-refractivity contribution in [2.24, 2.45) is 4.99 Å². The summed E-state index contributed by atoms with van der Waals surface area (Å²) in [7, 11) is 3.30. The zero-order chi connectivity index (χ0) is 14.8. The molecule has 112 valence electrons. The van der Waals surface area contributed by atoms with Crippen molar-refractivity contribution in [3.63, 3.8) is 0 Å². The zero-order valence-electron chi connectivity index (χ0n) is 11.9. The van der Waals surface area contributed by atoms with Crippen molar-refractivity contribution in [3.8, 4) is 0 Å². The Labute approximate surface area is 118 Å². The van der Waals surface area contributed by atoms with E-state index in [0.717, 1.165) is 13.0 Å². The van der Waals surface area contributed by atoms with E-state index in [1.165, 1.54) is 18.2 Å². The molecule has 1 rings (SSSR count). The van der Waals surface area contributed by atoms with Crippen LogP contribution in [0.15, 0.2) is 23.2 Å². The normalized spacial score (nSPS) is 11.5. The van der Waals surface area contributed by atoms with E-state index in [1.54, 1.807) is 14.2 Å². The van der Waals surface area contributed by atoms with Crippen LogP contribution in [0.5, 0.6) is 0 Å². The first kappa shape index (κ1) is 16.4. The van der Waals surface area contributed by atoms with Gasteiger partial charge in [0.1, 0.15) is 11.6 Å². The van der Waals surface area contributed by atoms with Crippen molar-refractivity contribution in [2.45, 2.75) is 12.8 Å². The second kappa shape index (κ2) is 9.25. The molecule has 0 aromatic heterocycles. The van der Waals surface area contributed by atoms with Crippen LogP contribution in [-0.4, -0.2) is 39.8 Å². The minimum absolute atomic E-state index is 0.0924. The lowest BCUT2D eigenvalue weighted by atomic mass is 10.1. The lowest BCUT2D eigenvalue weighted by molar-refractivity contribution is 0.195. The van der Waals surface area contributed by atoms with Gasteiger partial charge in [0.05, 0.1) is 0 Å². The molecule has 4 nitrogen and oxygen atoms in total. The topological polar surface area (TPSA) is 45.7 Å². The Bertz CT molecular complexity index is 418. The predicted octanol–water partition coefficient (Wildman–Crippen LogP) is 1.71. The fourth-order valence-corrected chi connectivity index (χ4v) is 1.72. The first-order valence-corrected chi connectivity index (χ1v) is 6.55.